The van der Waals surface area contributed by atoms with Crippen LogP contribution >= 0.6 is 0 Å². The highest BCUT2D eigenvalue weighted by Gasteiger charge is 2.31. The molecule has 1 heterocycles. The van der Waals surface area contributed by atoms with Crippen LogP contribution in [0.4, 0.5) is 4.79 Å². The maximum absolute atomic E-state index is 12.1. The second-order valence-corrected chi connectivity index (χ2v) is 5.26. The molecule has 4 N–H and O–H groups in total. The number of carboxylic acid groups (broad SMARTS) is 1. The maximum atomic E-state index is 12.1. The lowest BCUT2D eigenvalue weighted by molar-refractivity contribution is -0.141. The number of carbonyl (C=O) groups excluding carboxylic acids is 2. The molecule has 3 amide bonds. The number of carbonyl (C=O) groups is 3. The molecule has 1 aliphatic heterocycles. The molecular formula is C12H22N4O4. The van der Waals surface area contributed by atoms with Crippen molar-refractivity contribution in [3.05, 3.63) is 0 Å². The summed E-state index contributed by atoms with van der Waals surface area (Å²) in [6.45, 7) is 1.31. The number of hydrogen-bond donors (Lipinski definition) is 3. The molecule has 0 aromatic heterocycles. The smallest absolute Gasteiger partial charge is 0.326 e. The van der Waals surface area contributed by atoms with Crippen LogP contribution in [0.3, 0.4) is 0 Å². The van der Waals surface area contributed by atoms with Crippen molar-refractivity contribution < 1.29 is 19.5 Å². The standard InChI is InChI=1S/C12H22N4O4/c1-15(2)7-8-4-3-5-16(8)12(20)14-9(11(18)19)6-10(13)17/h8-9H,3-7H2,1-2H3,(H2,13,17)(H,14,20)(H,18,19)/t8?,9-/m0/s1. The van der Waals surface area contributed by atoms with E-state index in [1.54, 1.807) is 4.90 Å². The Balaban J connectivity index is 2.63. The topological polar surface area (TPSA) is 116 Å². The fourth-order valence-electron chi connectivity index (χ4n) is 2.35. The zero-order valence-corrected chi connectivity index (χ0v) is 11.8. The molecular weight excluding hydrogens is 264 g/mol. The Morgan fingerprint density at radius 2 is 2.10 bits per heavy atom. The molecule has 0 spiro atoms. The molecule has 0 aromatic carbocycles. The number of urea groups is 1. The van der Waals surface area contributed by atoms with Crippen molar-refractivity contribution in [1.82, 2.24) is 15.1 Å². The summed E-state index contributed by atoms with van der Waals surface area (Å²) in [4.78, 5) is 37.5. The number of nitrogens with zero attached hydrogens (tertiary/aromatic N) is 2. The predicted octanol–water partition coefficient (Wildman–Crippen LogP) is -0.949. The first-order valence-corrected chi connectivity index (χ1v) is 6.54. The fraction of sp³-hybridized carbons (Fsp3) is 0.750. The van der Waals surface area contributed by atoms with E-state index in [1.807, 2.05) is 19.0 Å². The van der Waals surface area contributed by atoms with Crippen LogP contribution in [0.5, 0.6) is 0 Å². The van der Waals surface area contributed by atoms with E-state index < -0.39 is 30.4 Å². The molecule has 20 heavy (non-hydrogen) atoms. The molecule has 1 saturated heterocycles. The Bertz CT molecular complexity index is 386. The largest absolute Gasteiger partial charge is 0.480 e. The molecule has 1 aliphatic rings. The molecule has 1 rings (SSSR count). The molecule has 8 heteroatoms. The van der Waals surface area contributed by atoms with Crippen LogP contribution in [-0.4, -0.2) is 72.1 Å². The summed E-state index contributed by atoms with van der Waals surface area (Å²) in [5.74, 6) is -2.02. The molecule has 0 aliphatic carbocycles. The van der Waals surface area contributed by atoms with Crippen LogP contribution in [0.2, 0.25) is 0 Å². The summed E-state index contributed by atoms with van der Waals surface area (Å²) in [6.07, 6.45) is 1.37. The molecule has 0 radical (unpaired) electrons. The molecule has 1 fully saturated rings. The highest BCUT2D eigenvalue weighted by Crippen LogP contribution is 2.17. The van der Waals surface area contributed by atoms with Gasteiger partial charge in [0.05, 0.1) is 6.42 Å². The third-order valence-corrected chi connectivity index (χ3v) is 3.22. The van der Waals surface area contributed by atoms with Gasteiger partial charge in [0.15, 0.2) is 0 Å². The predicted molar refractivity (Wildman–Crippen MR) is 72.0 cm³/mol. The lowest BCUT2D eigenvalue weighted by Crippen LogP contribution is -2.52. The summed E-state index contributed by atoms with van der Waals surface area (Å²) in [5.41, 5.74) is 4.98. The van der Waals surface area contributed by atoms with Gasteiger partial charge in [0.1, 0.15) is 6.04 Å². The van der Waals surface area contributed by atoms with E-state index in [0.29, 0.717) is 6.54 Å². The van der Waals surface area contributed by atoms with Crippen LogP contribution < -0.4 is 11.1 Å². The third-order valence-electron chi connectivity index (χ3n) is 3.22. The van der Waals surface area contributed by atoms with Crippen molar-refractivity contribution in [2.45, 2.75) is 31.3 Å². The van der Waals surface area contributed by atoms with Crippen molar-refractivity contribution >= 4 is 17.9 Å². The van der Waals surface area contributed by atoms with E-state index in [4.69, 9.17) is 10.8 Å². The van der Waals surface area contributed by atoms with E-state index in [-0.39, 0.29) is 6.04 Å². The highest BCUT2D eigenvalue weighted by atomic mass is 16.4. The highest BCUT2D eigenvalue weighted by molar-refractivity contribution is 5.87. The average Bonchev–Trinajstić information content (AvgIpc) is 2.74. The number of nitrogens with one attached hydrogen (secondary N) is 1. The number of rotatable bonds is 6. The quantitative estimate of drug-likeness (QED) is 0.582. The molecule has 114 valence electrons. The van der Waals surface area contributed by atoms with Gasteiger partial charge in [-0.1, -0.05) is 0 Å². The lowest BCUT2D eigenvalue weighted by atomic mass is 10.2. The Kier molecular flexibility index (Phi) is 5.75. The monoisotopic (exact) mass is 286 g/mol. The number of amides is 3. The first kappa shape index (κ1) is 16.2. The Morgan fingerprint density at radius 3 is 2.60 bits per heavy atom. The van der Waals surface area contributed by atoms with E-state index >= 15 is 0 Å². The second-order valence-electron chi connectivity index (χ2n) is 5.26. The zero-order valence-electron chi connectivity index (χ0n) is 11.8. The molecule has 0 aromatic rings. The SMILES string of the molecule is CN(C)CC1CCCN1C(=O)N[C@@H](CC(N)=O)C(=O)O. The van der Waals surface area contributed by atoms with Crippen LogP contribution in [-0.2, 0) is 9.59 Å². The normalized spacial score (nSPS) is 19.9. The van der Waals surface area contributed by atoms with Gasteiger partial charge in [-0.3, -0.25) is 4.79 Å². The lowest BCUT2D eigenvalue weighted by Gasteiger charge is -2.28. The van der Waals surface area contributed by atoms with E-state index in [2.05, 4.69) is 5.32 Å². The Hall–Kier alpha value is -1.83. The van der Waals surface area contributed by atoms with Crippen LogP contribution in [0.1, 0.15) is 19.3 Å². The van der Waals surface area contributed by atoms with Crippen LogP contribution in [0, 0.1) is 0 Å². The first-order chi connectivity index (χ1) is 9.31. The van der Waals surface area contributed by atoms with Crippen molar-refractivity contribution in [3.63, 3.8) is 0 Å². The third kappa shape index (κ3) is 4.69. The van der Waals surface area contributed by atoms with Gasteiger partial charge in [0.2, 0.25) is 5.91 Å². The molecule has 8 nitrogen and oxygen atoms in total. The maximum Gasteiger partial charge on any atom is 0.326 e. The number of aliphatic carboxylic acids is 1. The summed E-state index contributed by atoms with van der Waals surface area (Å²) >= 11 is 0. The van der Waals surface area contributed by atoms with Gasteiger partial charge < -0.3 is 26.0 Å². The first-order valence-electron chi connectivity index (χ1n) is 6.54. The fourth-order valence-corrected chi connectivity index (χ4v) is 2.35. The number of nitrogens with two attached hydrogens (primary N) is 1. The molecule has 2 atom stereocenters. The zero-order chi connectivity index (χ0) is 15.3. The Labute approximate surface area is 117 Å². The van der Waals surface area contributed by atoms with Crippen LogP contribution in [0.25, 0.3) is 0 Å². The minimum absolute atomic E-state index is 0.0630. The number of likely N-dealkylation sites (N-methyl/N-ethyl adjacent to an activating group) is 1. The van der Waals surface area contributed by atoms with Crippen molar-refractivity contribution in [3.8, 4) is 0 Å². The molecule has 0 saturated carbocycles. The second kappa shape index (κ2) is 7.09. The van der Waals surface area contributed by atoms with Crippen molar-refractivity contribution in [2.24, 2.45) is 5.73 Å². The number of likely N-dealkylation sites (tertiary alicyclic amines) is 1. The van der Waals surface area contributed by atoms with E-state index in [9.17, 15) is 14.4 Å². The van der Waals surface area contributed by atoms with Gasteiger partial charge in [-0.05, 0) is 26.9 Å². The number of hydrogen-bond acceptors (Lipinski definition) is 4. The molecule has 0 bridgehead atoms. The summed E-state index contributed by atoms with van der Waals surface area (Å²) < 4.78 is 0. The van der Waals surface area contributed by atoms with Crippen molar-refractivity contribution in [2.75, 3.05) is 27.2 Å². The summed E-state index contributed by atoms with van der Waals surface area (Å²) in [5, 5.41) is 11.3. The minimum atomic E-state index is -1.28. The van der Waals surface area contributed by atoms with Gasteiger partial charge in [0, 0.05) is 19.1 Å². The van der Waals surface area contributed by atoms with Gasteiger partial charge in [-0.15, -0.1) is 0 Å². The number of carboxylic acids is 1. The van der Waals surface area contributed by atoms with Gasteiger partial charge in [-0.2, -0.15) is 0 Å². The number of primary amides is 1. The minimum Gasteiger partial charge on any atom is -0.480 e. The van der Waals surface area contributed by atoms with Gasteiger partial charge in [0.25, 0.3) is 0 Å². The van der Waals surface area contributed by atoms with E-state index in [1.165, 1.54) is 0 Å². The van der Waals surface area contributed by atoms with Crippen LogP contribution in [0.15, 0.2) is 0 Å². The van der Waals surface area contributed by atoms with E-state index in [0.717, 1.165) is 19.4 Å². The Morgan fingerprint density at radius 1 is 1.45 bits per heavy atom. The van der Waals surface area contributed by atoms with Gasteiger partial charge >= 0.3 is 12.0 Å². The summed E-state index contributed by atoms with van der Waals surface area (Å²) in [6, 6.07) is -1.67. The summed E-state index contributed by atoms with van der Waals surface area (Å²) in [7, 11) is 3.84. The van der Waals surface area contributed by atoms with Crippen molar-refractivity contribution in [1.29, 1.82) is 0 Å². The van der Waals surface area contributed by atoms with Gasteiger partial charge in [-0.25, -0.2) is 9.59 Å². The molecule has 1 unspecified atom stereocenters. The average molecular weight is 286 g/mol.